The van der Waals surface area contributed by atoms with Gasteiger partial charge in [0.15, 0.2) is 0 Å². The maximum atomic E-state index is 10.9. The van der Waals surface area contributed by atoms with Gasteiger partial charge in [-0.15, -0.1) is 0 Å². The SMILES string of the molecule is O=[PH](OCCCI)OCCCI. The van der Waals surface area contributed by atoms with E-state index < -0.39 is 8.25 Å². The van der Waals surface area contributed by atoms with Gasteiger partial charge in [0.05, 0.1) is 13.2 Å². The lowest BCUT2D eigenvalue weighted by Crippen LogP contribution is -1.91. The quantitative estimate of drug-likeness (QED) is 0.263. The number of hydrogen-bond donors (Lipinski definition) is 0. The molecule has 12 heavy (non-hydrogen) atoms. The van der Waals surface area contributed by atoms with Crippen LogP contribution in [0.3, 0.4) is 0 Å². The van der Waals surface area contributed by atoms with Crippen molar-refractivity contribution < 1.29 is 13.6 Å². The Morgan fingerprint density at radius 2 is 1.42 bits per heavy atom. The molecule has 0 aliphatic carbocycles. The first kappa shape index (κ1) is 13.6. The van der Waals surface area contributed by atoms with Gasteiger partial charge in [0.2, 0.25) is 0 Å². The summed E-state index contributed by atoms with van der Waals surface area (Å²) in [7, 11) is -2.19. The van der Waals surface area contributed by atoms with E-state index >= 15 is 0 Å². The summed E-state index contributed by atoms with van der Waals surface area (Å²) in [6.45, 7) is 1.09. The predicted octanol–water partition coefficient (Wildman–Crippen LogP) is 3.06. The van der Waals surface area contributed by atoms with Gasteiger partial charge in [0.1, 0.15) is 0 Å². The van der Waals surface area contributed by atoms with Crippen LogP contribution in [0, 0.1) is 0 Å². The molecule has 0 fully saturated rings. The van der Waals surface area contributed by atoms with Crippen LogP contribution in [0.25, 0.3) is 0 Å². The molecule has 6 heteroatoms. The number of alkyl halides is 2. The second kappa shape index (κ2) is 10.7. The zero-order valence-corrected chi connectivity index (χ0v) is 12.0. The van der Waals surface area contributed by atoms with E-state index in [1.54, 1.807) is 0 Å². The third kappa shape index (κ3) is 9.70. The summed E-state index contributed by atoms with van der Waals surface area (Å²) in [6, 6.07) is 0. The largest absolute Gasteiger partial charge is 0.319 e. The minimum atomic E-state index is -2.19. The molecule has 0 saturated carbocycles. The Kier molecular flexibility index (Phi) is 12.1. The standard InChI is InChI=1S/C6H13I2O3P/c7-3-1-5-10-12(9)11-6-2-4-8/h12H,1-6H2. The van der Waals surface area contributed by atoms with E-state index in [0.29, 0.717) is 13.2 Å². The molecule has 0 aromatic carbocycles. The summed E-state index contributed by atoms with van der Waals surface area (Å²) in [5.74, 6) is 0. The Bertz CT molecular complexity index is 111. The van der Waals surface area contributed by atoms with Crippen LogP contribution in [0.1, 0.15) is 12.8 Å². The number of rotatable bonds is 8. The highest BCUT2D eigenvalue weighted by molar-refractivity contribution is 14.1. The van der Waals surface area contributed by atoms with Crippen LogP contribution in [0.2, 0.25) is 0 Å². The highest BCUT2D eigenvalue weighted by atomic mass is 127. The van der Waals surface area contributed by atoms with Crippen LogP contribution in [0.4, 0.5) is 0 Å². The molecule has 0 spiro atoms. The fourth-order valence-corrected chi connectivity index (χ4v) is 1.79. The highest BCUT2D eigenvalue weighted by Gasteiger charge is 1.97. The number of hydrogen-bond acceptors (Lipinski definition) is 3. The van der Waals surface area contributed by atoms with E-state index in [-0.39, 0.29) is 0 Å². The topological polar surface area (TPSA) is 35.5 Å². The van der Waals surface area contributed by atoms with E-state index in [9.17, 15) is 4.57 Å². The van der Waals surface area contributed by atoms with Crippen molar-refractivity contribution in [1.82, 2.24) is 0 Å². The zero-order chi connectivity index (χ0) is 9.23. The fraction of sp³-hybridized carbons (Fsp3) is 1.00. The van der Waals surface area contributed by atoms with Gasteiger partial charge in [-0.25, -0.2) is 0 Å². The van der Waals surface area contributed by atoms with Gasteiger partial charge in [-0.1, -0.05) is 45.2 Å². The van der Waals surface area contributed by atoms with Gasteiger partial charge in [-0.05, 0) is 12.8 Å². The predicted molar refractivity (Wildman–Crippen MR) is 67.9 cm³/mol. The molecule has 0 amide bonds. The van der Waals surface area contributed by atoms with E-state index in [4.69, 9.17) is 9.05 Å². The van der Waals surface area contributed by atoms with E-state index in [2.05, 4.69) is 45.2 Å². The van der Waals surface area contributed by atoms with Crippen LogP contribution < -0.4 is 0 Å². The molecule has 0 aliphatic heterocycles. The van der Waals surface area contributed by atoms with Crippen molar-refractivity contribution in [2.45, 2.75) is 12.8 Å². The van der Waals surface area contributed by atoms with Gasteiger partial charge < -0.3 is 9.05 Å². The van der Waals surface area contributed by atoms with Gasteiger partial charge in [-0.2, -0.15) is 0 Å². The molecule has 0 unspecified atom stereocenters. The van der Waals surface area contributed by atoms with Crippen molar-refractivity contribution in [1.29, 1.82) is 0 Å². The lowest BCUT2D eigenvalue weighted by Gasteiger charge is -2.03. The maximum Gasteiger partial charge on any atom is 0.319 e. The van der Waals surface area contributed by atoms with Crippen LogP contribution in [-0.4, -0.2) is 22.1 Å². The smallest absolute Gasteiger partial charge is 0.311 e. The molecule has 0 bridgehead atoms. The minimum Gasteiger partial charge on any atom is -0.311 e. The number of halogens is 2. The Morgan fingerprint density at radius 1 is 1.00 bits per heavy atom. The molecule has 0 radical (unpaired) electrons. The third-order valence-corrected chi connectivity index (χ3v) is 3.40. The normalized spacial score (nSPS) is 10.9. The Morgan fingerprint density at radius 3 is 1.75 bits per heavy atom. The molecule has 0 aromatic heterocycles. The maximum absolute atomic E-state index is 10.9. The van der Waals surface area contributed by atoms with Crippen LogP contribution in [0.15, 0.2) is 0 Å². The van der Waals surface area contributed by atoms with Gasteiger partial charge in [0.25, 0.3) is 0 Å². The molecule has 0 aromatic rings. The zero-order valence-electron chi connectivity index (χ0n) is 6.72. The monoisotopic (exact) mass is 418 g/mol. The van der Waals surface area contributed by atoms with Crippen molar-refractivity contribution in [3.63, 3.8) is 0 Å². The first-order valence-corrected chi connectivity index (χ1v) is 8.00. The van der Waals surface area contributed by atoms with E-state index in [1.807, 2.05) is 0 Å². The molecule has 0 rings (SSSR count). The van der Waals surface area contributed by atoms with Gasteiger partial charge in [-0.3, -0.25) is 4.57 Å². The molecular weight excluding hydrogens is 405 g/mol. The summed E-state index contributed by atoms with van der Waals surface area (Å²) in [4.78, 5) is 0. The Hall–Kier alpha value is 1.61. The summed E-state index contributed by atoms with van der Waals surface area (Å²) < 4.78 is 22.9. The van der Waals surface area contributed by atoms with Crippen LogP contribution in [0.5, 0.6) is 0 Å². The van der Waals surface area contributed by atoms with Crippen molar-refractivity contribution in [3.8, 4) is 0 Å². The van der Waals surface area contributed by atoms with Gasteiger partial charge >= 0.3 is 8.25 Å². The van der Waals surface area contributed by atoms with E-state index in [0.717, 1.165) is 21.7 Å². The van der Waals surface area contributed by atoms with Crippen LogP contribution >= 0.6 is 53.4 Å². The summed E-state index contributed by atoms with van der Waals surface area (Å²) in [6.07, 6.45) is 1.87. The van der Waals surface area contributed by atoms with Crippen molar-refractivity contribution >= 4 is 53.4 Å². The molecule has 3 nitrogen and oxygen atoms in total. The van der Waals surface area contributed by atoms with E-state index in [1.165, 1.54) is 0 Å². The summed E-state index contributed by atoms with van der Waals surface area (Å²) in [5, 5.41) is 0. The highest BCUT2D eigenvalue weighted by Crippen LogP contribution is 2.23. The van der Waals surface area contributed by atoms with Crippen molar-refractivity contribution in [2.24, 2.45) is 0 Å². The van der Waals surface area contributed by atoms with Crippen molar-refractivity contribution in [3.05, 3.63) is 0 Å². The molecule has 74 valence electrons. The third-order valence-electron chi connectivity index (χ3n) is 0.996. The fourth-order valence-electron chi connectivity index (χ4n) is 0.462. The molecular formula is C6H13I2O3P. The average molecular weight is 418 g/mol. The summed E-state index contributed by atoms with van der Waals surface area (Å²) >= 11 is 4.51. The molecule has 0 N–H and O–H groups in total. The van der Waals surface area contributed by atoms with Crippen LogP contribution in [-0.2, 0) is 13.6 Å². The van der Waals surface area contributed by atoms with Crippen molar-refractivity contribution in [2.75, 3.05) is 22.1 Å². The molecule has 0 atom stereocenters. The second-order valence-corrected chi connectivity index (χ2v) is 5.27. The first-order chi connectivity index (χ1) is 5.81. The molecule has 0 heterocycles. The Labute approximate surface area is 101 Å². The summed E-state index contributed by atoms with van der Waals surface area (Å²) in [5.41, 5.74) is 0. The second-order valence-electron chi connectivity index (χ2n) is 2.03. The Balaban J connectivity index is 3.10. The average Bonchev–Trinajstić information content (AvgIpc) is 2.06. The lowest BCUT2D eigenvalue weighted by atomic mass is 10.5. The first-order valence-electron chi connectivity index (χ1n) is 3.72. The van der Waals surface area contributed by atoms with Gasteiger partial charge in [0, 0.05) is 8.86 Å². The molecule has 0 saturated heterocycles. The minimum absolute atomic E-state index is 0.547. The molecule has 0 aliphatic rings. The lowest BCUT2D eigenvalue weighted by molar-refractivity contribution is 0.227.